The average Bonchev–Trinajstić information content (AvgIpc) is 2.82. The predicted octanol–water partition coefficient (Wildman–Crippen LogP) is 3.33. The van der Waals surface area contributed by atoms with Crippen LogP contribution in [0.1, 0.15) is 23.2 Å². The first-order valence-corrected chi connectivity index (χ1v) is 5.93. The molecule has 1 aromatic carbocycles. The lowest BCUT2D eigenvalue weighted by Gasteiger charge is -2.05. The summed E-state index contributed by atoms with van der Waals surface area (Å²) in [6.45, 7) is 1.96. The Morgan fingerprint density at radius 1 is 1.39 bits per heavy atom. The van der Waals surface area contributed by atoms with Gasteiger partial charge in [-0.3, -0.25) is 4.79 Å². The molecule has 5 heteroatoms. The molecule has 0 unspecified atom stereocenters. The summed E-state index contributed by atoms with van der Waals surface area (Å²) < 4.78 is 5.35. The highest BCUT2D eigenvalue weighted by Crippen LogP contribution is 2.23. The predicted molar refractivity (Wildman–Crippen MR) is 71.9 cm³/mol. The van der Waals surface area contributed by atoms with Crippen molar-refractivity contribution < 1.29 is 9.21 Å². The molecule has 2 rings (SSSR count). The number of hydrogen-bond donors (Lipinski definition) is 2. The lowest BCUT2D eigenvalue weighted by molar-refractivity contribution is 0.0995. The van der Waals surface area contributed by atoms with E-state index < -0.39 is 0 Å². The highest BCUT2D eigenvalue weighted by Gasteiger charge is 2.11. The number of furan rings is 1. The smallest absolute Gasteiger partial charge is 0.291 e. The van der Waals surface area contributed by atoms with Crippen molar-refractivity contribution >= 4 is 28.9 Å². The molecule has 2 aromatic rings. The second kappa shape index (κ2) is 5.14. The van der Waals surface area contributed by atoms with Gasteiger partial charge in [0.05, 0.1) is 10.7 Å². The minimum absolute atomic E-state index is 0.278. The number of nitrogens with two attached hydrogens (primary N) is 1. The van der Waals surface area contributed by atoms with Crippen molar-refractivity contribution in [2.24, 2.45) is 0 Å². The standard InChI is InChI=1S/C13H13ClN2O2/c1-2-9-4-6-12(18-9)13(17)16-8-3-5-11(15)10(14)7-8/h3-7H,2,15H2,1H3,(H,16,17). The summed E-state index contributed by atoms with van der Waals surface area (Å²) in [4.78, 5) is 11.9. The van der Waals surface area contributed by atoms with E-state index in [-0.39, 0.29) is 11.7 Å². The Labute approximate surface area is 110 Å². The number of halogens is 1. The summed E-state index contributed by atoms with van der Waals surface area (Å²) in [6.07, 6.45) is 0.751. The van der Waals surface area contributed by atoms with Crippen molar-refractivity contribution in [1.82, 2.24) is 0 Å². The van der Waals surface area contributed by atoms with Crippen molar-refractivity contribution in [3.8, 4) is 0 Å². The molecule has 0 aliphatic heterocycles. The number of carbonyl (C=O) groups excluding carboxylic acids is 1. The monoisotopic (exact) mass is 264 g/mol. The van der Waals surface area contributed by atoms with E-state index in [1.807, 2.05) is 6.92 Å². The molecule has 0 aliphatic rings. The summed E-state index contributed by atoms with van der Waals surface area (Å²) in [7, 11) is 0. The molecule has 4 nitrogen and oxygen atoms in total. The summed E-state index contributed by atoms with van der Waals surface area (Å²) >= 11 is 5.87. The fourth-order valence-electron chi connectivity index (χ4n) is 1.49. The number of benzene rings is 1. The van der Waals surface area contributed by atoms with Gasteiger partial charge in [0.2, 0.25) is 0 Å². The van der Waals surface area contributed by atoms with Crippen LogP contribution in [0.4, 0.5) is 11.4 Å². The number of aryl methyl sites for hydroxylation is 1. The molecule has 0 saturated carbocycles. The first kappa shape index (κ1) is 12.5. The van der Waals surface area contributed by atoms with Crippen LogP contribution in [0.3, 0.4) is 0 Å². The van der Waals surface area contributed by atoms with E-state index in [2.05, 4.69) is 5.32 Å². The first-order valence-electron chi connectivity index (χ1n) is 5.55. The lowest BCUT2D eigenvalue weighted by atomic mass is 10.2. The molecule has 0 bridgehead atoms. The van der Waals surface area contributed by atoms with Crippen LogP contribution in [-0.4, -0.2) is 5.91 Å². The Balaban J connectivity index is 2.13. The molecule has 0 radical (unpaired) electrons. The van der Waals surface area contributed by atoms with E-state index in [9.17, 15) is 4.79 Å². The average molecular weight is 265 g/mol. The third-order valence-electron chi connectivity index (χ3n) is 2.49. The van der Waals surface area contributed by atoms with Crippen molar-refractivity contribution in [2.45, 2.75) is 13.3 Å². The summed E-state index contributed by atoms with van der Waals surface area (Å²) in [5.41, 5.74) is 6.64. The SMILES string of the molecule is CCc1ccc(C(=O)Nc2ccc(N)c(Cl)c2)o1. The largest absolute Gasteiger partial charge is 0.456 e. The van der Waals surface area contributed by atoms with Crippen LogP contribution in [0.25, 0.3) is 0 Å². The van der Waals surface area contributed by atoms with E-state index >= 15 is 0 Å². The fraction of sp³-hybridized carbons (Fsp3) is 0.154. The van der Waals surface area contributed by atoms with Crippen LogP contribution in [0, 0.1) is 0 Å². The number of amides is 1. The number of hydrogen-bond acceptors (Lipinski definition) is 3. The van der Waals surface area contributed by atoms with Gasteiger partial charge in [-0.15, -0.1) is 0 Å². The second-order valence-electron chi connectivity index (χ2n) is 3.81. The number of rotatable bonds is 3. The van der Waals surface area contributed by atoms with E-state index in [1.54, 1.807) is 30.3 Å². The van der Waals surface area contributed by atoms with Crippen molar-refractivity contribution in [3.63, 3.8) is 0 Å². The number of carbonyl (C=O) groups is 1. The van der Waals surface area contributed by atoms with Gasteiger partial charge in [-0.1, -0.05) is 18.5 Å². The minimum Gasteiger partial charge on any atom is -0.456 e. The summed E-state index contributed by atoms with van der Waals surface area (Å²) in [5.74, 6) is 0.742. The van der Waals surface area contributed by atoms with Crippen molar-refractivity contribution in [1.29, 1.82) is 0 Å². The quantitative estimate of drug-likeness (QED) is 0.836. The van der Waals surface area contributed by atoms with Crippen LogP contribution in [-0.2, 0) is 6.42 Å². The van der Waals surface area contributed by atoms with Gasteiger partial charge in [-0.05, 0) is 30.3 Å². The molecule has 0 fully saturated rings. The van der Waals surface area contributed by atoms with Crippen LogP contribution < -0.4 is 11.1 Å². The Morgan fingerprint density at radius 3 is 2.78 bits per heavy atom. The molecule has 18 heavy (non-hydrogen) atoms. The molecule has 1 heterocycles. The maximum absolute atomic E-state index is 11.9. The Morgan fingerprint density at radius 2 is 2.17 bits per heavy atom. The highest BCUT2D eigenvalue weighted by atomic mass is 35.5. The zero-order chi connectivity index (χ0) is 13.1. The highest BCUT2D eigenvalue weighted by molar-refractivity contribution is 6.33. The summed E-state index contributed by atoms with van der Waals surface area (Å²) in [5, 5.41) is 3.10. The van der Waals surface area contributed by atoms with Gasteiger partial charge >= 0.3 is 0 Å². The molecule has 1 aromatic heterocycles. The maximum Gasteiger partial charge on any atom is 0.291 e. The molecule has 0 atom stereocenters. The number of nitrogens with one attached hydrogen (secondary N) is 1. The zero-order valence-corrected chi connectivity index (χ0v) is 10.6. The third kappa shape index (κ3) is 2.65. The first-order chi connectivity index (χ1) is 8.60. The van der Waals surface area contributed by atoms with Crippen molar-refractivity contribution in [2.75, 3.05) is 11.1 Å². The van der Waals surface area contributed by atoms with E-state index in [0.29, 0.717) is 16.4 Å². The van der Waals surface area contributed by atoms with Gasteiger partial charge in [-0.25, -0.2) is 0 Å². The molecule has 3 N–H and O–H groups in total. The molecule has 1 amide bonds. The molecule has 94 valence electrons. The maximum atomic E-state index is 11.9. The van der Waals surface area contributed by atoms with Gasteiger partial charge in [0.15, 0.2) is 5.76 Å². The number of nitrogen functional groups attached to an aromatic ring is 1. The summed E-state index contributed by atoms with van der Waals surface area (Å²) in [6, 6.07) is 8.34. The number of anilines is 2. The Bertz CT molecular complexity index is 578. The van der Waals surface area contributed by atoms with E-state index in [0.717, 1.165) is 12.2 Å². The van der Waals surface area contributed by atoms with Crippen LogP contribution in [0.5, 0.6) is 0 Å². The third-order valence-corrected chi connectivity index (χ3v) is 2.82. The van der Waals surface area contributed by atoms with Crippen molar-refractivity contribution in [3.05, 3.63) is 46.9 Å². The molecule has 0 spiro atoms. The van der Waals surface area contributed by atoms with Gasteiger partial charge in [0.25, 0.3) is 5.91 Å². The Kier molecular flexibility index (Phi) is 3.58. The molecular weight excluding hydrogens is 252 g/mol. The topological polar surface area (TPSA) is 68.3 Å². The van der Waals surface area contributed by atoms with Gasteiger partial charge in [0.1, 0.15) is 5.76 Å². The van der Waals surface area contributed by atoms with Crippen LogP contribution >= 0.6 is 11.6 Å². The van der Waals surface area contributed by atoms with Crippen LogP contribution in [0.15, 0.2) is 34.7 Å². The fourth-order valence-corrected chi connectivity index (χ4v) is 1.67. The molecule has 0 aliphatic carbocycles. The van der Waals surface area contributed by atoms with Gasteiger partial charge in [-0.2, -0.15) is 0 Å². The minimum atomic E-state index is -0.310. The van der Waals surface area contributed by atoms with Crippen LogP contribution in [0.2, 0.25) is 5.02 Å². The van der Waals surface area contributed by atoms with E-state index in [1.165, 1.54) is 0 Å². The van der Waals surface area contributed by atoms with Gasteiger partial charge in [0, 0.05) is 12.1 Å². The molecule has 0 saturated heterocycles. The normalized spacial score (nSPS) is 10.3. The zero-order valence-electron chi connectivity index (χ0n) is 9.87. The van der Waals surface area contributed by atoms with E-state index in [4.69, 9.17) is 21.8 Å². The lowest BCUT2D eigenvalue weighted by Crippen LogP contribution is -2.10. The second-order valence-corrected chi connectivity index (χ2v) is 4.22. The van der Waals surface area contributed by atoms with Gasteiger partial charge < -0.3 is 15.5 Å². The Hall–Kier alpha value is -1.94. The molecular formula is C13H13ClN2O2.